The zero-order valence-corrected chi connectivity index (χ0v) is 11.1. The summed E-state index contributed by atoms with van der Waals surface area (Å²) in [4.78, 5) is 11.6. The van der Waals surface area contributed by atoms with Gasteiger partial charge >= 0.3 is 5.97 Å². The van der Waals surface area contributed by atoms with Crippen LogP contribution in [0.1, 0.15) is 37.7 Å². The number of aliphatic hydroxyl groups is 1. The Morgan fingerprint density at radius 2 is 2.00 bits per heavy atom. The van der Waals surface area contributed by atoms with Gasteiger partial charge in [0.2, 0.25) is 0 Å². The van der Waals surface area contributed by atoms with Crippen LogP contribution in [0, 0.1) is 5.92 Å². The smallest absolute Gasteiger partial charge is 0.306 e. The number of esters is 1. The summed E-state index contributed by atoms with van der Waals surface area (Å²) in [7, 11) is 0. The Balaban J connectivity index is 2.11. The number of hydrogen-bond donors (Lipinski definition) is 2. The van der Waals surface area contributed by atoms with Gasteiger partial charge in [-0.2, -0.15) is 0 Å². The molecule has 1 saturated carbocycles. The van der Waals surface area contributed by atoms with Crippen molar-refractivity contribution in [1.29, 1.82) is 0 Å². The molecule has 1 aromatic carbocycles. The second-order valence-electron chi connectivity index (χ2n) is 5.03. The van der Waals surface area contributed by atoms with Gasteiger partial charge in [-0.05, 0) is 43.4 Å². The van der Waals surface area contributed by atoms with Gasteiger partial charge in [0.1, 0.15) is 5.75 Å². The number of ether oxygens (including phenoxy) is 1. The molecule has 4 nitrogen and oxygen atoms in total. The highest BCUT2D eigenvalue weighted by atomic mass is 16.5. The fourth-order valence-electron chi connectivity index (χ4n) is 2.91. The number of benzene rings is 1. The molecule has 3 atom stereocenters. The second kappa shape index (κ2) is 6.06. The number of aliphatic hydroxyl groups excluding tert-OH is 1. The summed E-state index contributed by atoms with van der Waals surface area (Å²) in [5.41, 5.74) is 0.970. The van der Waals surface area contributed by atoms with Crippen molar-refractivity contribution >= 4 is 5.97 Å². The maximum absolute atomic E-state index is 11.6. The Hall–Kier alpha value is -1.55. The molecule has 0 amide bonds. The molecule has 1 aliphatic rings. The third-order valence-electron chi connectivity index (χ3n) is 3.77. The third-order valence-corrected chi connectivity index (χ3v) is 3.77. The topological polar surface area (TPSA) is 66.8 Å². The predicted octanol–water partition coefficient (Wildman–Crippen LogP) is 2.20. The SMILES string of the molecule is CCOC(=O)CC1CCC(O)C1c1ccc(O)cc1. The first-order valence-electron chi connectivity index (χ1n) is 6.74. The largest absolute Gasteiger partial charge is 0.508 e. The lowest BCUT2D eigenvalue weighted by Gasteiger charge is -2.22. The molecule has 2 rings (SSSR count). The van der Waals surface area contributed by atoms with Crippen LogP contribution >= 0.6 is 0 Å². The Bertz CT molecular complexity index is 426. The quantitative estimate of drug-likeness (QED) is 0.818. The van der Waals surface area contributed by atoms with E-state index in [0.717, 1.165) is 12.0 Å². The average Bonchev–Trinajstić information content (AvgIpc) is 2.72. The van der Waals surface area contributed by atoms with Crippen LogP contribution in [0.3, 0.4) is 0 Å². The lowest BCUT2D eigenvalue weighted by Crippen LogP contribution is -2.20. The van der Waals surface area contributed by atoms with Gasteiger partial charge in [-0.25, -0.2) is 0 Å². The molecule has 1 aromatic rings. The molecule has 3 unspecified atom stereocenters. The van der Waals surface area contributed by atoms with Crippen molar-refractivity contribution in [1.82, 2.24) is 0 Å². The molecule has 0 aliphatic heterocycles. The summed E-state index contributed by atoms with van der Waals surface area (Å²) in [6.45, 7) is 2.18. The van der Waals surface area contributed by atoms with E-state index < -0.39 is 6.10 Å². The molecule has 0 heterocycles. The lowest BCUT2D eigenvalue weighted by molar-refractivity contribution is -0.144. The first kappa shape index (κ1) is 13.9. The molecule has 0 saturated heterocycles. The van der Waals surface area contributed by atoms with E-state index in [9.17, 15) is 15.0 Å². The zero-order chi connectivity index (χ0) is 13.8. The van der Waals surface area contributed by atoms with Gasteiger partial charge in [-0.1, -0.05) is 12.1 Å². The van der Waals surface area contributed by atoms with Crippen LogP contribution in [0.5, 0.6) is 5.75 Å². The summed E-state index contributed by atoms with van der Waals surface area (Å²) >= 11 is 0. The monoisotopic (exact) mass is 264 g/mol. The van der Waals surface area contributed by atoms with E-state index in [0.29, 0.717) is 19.4 Å². The molecular formula is C15H20O4. The number of aromatic hydroxyl groups is 1. The Labute approximate surface area is 113 Å². The van der Waals surface area contributed by atoms with E-state index in [-0.39, 0.29) is 23.6 Å². The van der Waals surface area contributed by atoms with E-state index in [1.165, 1.54) is 0 Å². The number of phenols is 1. The first-order valence-corrected chi connectivity index (χ1v) is 6.74. The molecule has 2 N–H and O–H groups in total. The van der Waals surface area contributed by atoms with Gasteiger partial charge in [0.05, 0.1) is 12.7 Å². The van der Waals surface area contributed by atoms with Crippen LogP contribution in [-0.4, -0.2) is 28.9 Å². The van der Waals surface area contributed by atoms with E-state index in [1.54, 1.807) is 19.1 Å². The van der Waals surface area contributed by atoms with E-state index in [2.05, 4.69) is 0 Å². The van der Waals surface area contributed by atoms with E-state index in [1.807, 2.05) is 12.1 Å². The Morgan fingerprint density at radius 1 is 1.32 bits per heavy atom. The van der Waals surface area contributed by atoms with Crippen molar-refractivity contribution in [3.8, 4) is 5.75 Å². The second-order valence-corrected chi connectivity index (χ2v) is 5.03. The number of rotatable bonds is 4. The number of phenolic OH excluding ortho intramolecular Hbond substituents is 1. The van der Waals surface area contributed by atoms with E-state index >= 15 is 0 Å². The summed E-state index contributed by atoms with van der Waals surface area (Å²) in [5, 5.41) is 19.4. The highest BCUT2D eigenvalue weighted by Gasteiger charge is 2.37. The van der Waals surface area contributed by atoms with Crippen LogP contribution in [-0.2, 0) is 9.53 Å². The molecular weight excluding hydrogens is 244 g/mol. The minimum atomic E-state index is -0.427. The van der Waals surface area contributed by atoms with Crippen molar-refractivity contribution < 1.29 is 19.7 Å². The van der Waals surface area contributed by atoms with Gasteiger partial charge in [0.15, 0.2) is 0 Å². The minimum absolute atomic E-state index is 0.0509. The average molecular weight is 264 g/mol. The van der Waals surface area contributed by atoms with Crippen LogP contribution in [0.4, 0.5) is 0 Å². The summed E-state index contributed by atoms with van der Waals surface area (Å²) in [5.74, 6) is 0.0622. The Kier molecular flexibility index (Phi) is 4.43. The lowest BCUT2D eigenvalue weighted by atomic mass is 9.85. The maximum Gasteiger partial charge on any atom is 0.306 e. The number of carbonyl (C=O) groups excluding carboxylic acids is 1. The minimum Gasteiger partial charge on any atom is -0.508 e. The van der Waals surface area contributed by atoms with Crippen molar-refractivity contribution in [2.45, 2.75) is 38.2 Å². The van der Waals surface area contributed by atoms with Crippen molar-refractivity contribution in [3.63, 3.8) is 0 Å². The maximum atomic E-state index is 11.6. The molecule has 0 bridgehead atoms. The van der Waals surface area contributed by atoms with Crippen LogP contribution in [0.25, 0.3) is 0 Å². The molecule has 0 radical (unpaired) electrons. The fourth-order valence-corrected chi connectivity index (χ4v) is 2.91. The molecule has 104 valence electrons. The predicted molar refractivity (Wildman–Crippen MR) is 70.8 cm³/mol. The first-order chi connectivity index (χ1) is 9.11. The molecule has 0 spiro atoms. The fraction of sp³-hybridized carbons (Fsp3) is 0.533. The molecule has 4 heteroatoms. The normalized spacial score (nSPS) is 26.3. The third kappa shape index (κ3) is 3.26. The van der Waals surface area contributed by atoms with Crippen LogP contribution in [0.2, 0.25) is 0 Å². The van der Waals surface area contributed by atoms with Crippen LogP contribution < -0.4 is 0 Å². The summed E-state index contributed by atoms with van der Waals surface area (Å²) in [6.07, 6.45) is 1.45. The van der Waals surface area contributed by atoms with Gasteiger partial charge in [0.25, 0.3) is 0 Å². The standard InChI is InChI=1S/C15H20O4/c1-2-19-14(18)9-11-5-8-13(17)15(11)10-3-6-12(16)7-4-10/h3-4,6-7,11,13,15-17H,2,5,8-9H2,1H3. The molecule has 19 heavy (non-hydrogen) atoms. The van der Waals surface area contributed by atoms with Gasteiger partial charge in [-0.15, -0.1) is 0 Å². The zero-order valence-electron chi connectivity index (χ0n) is 11.1. The van der Waals surface area contributed by atoms with Crippen molar-refractivity contribution in [3.05, 3.63) is 29.8 Å². The molecule has 1 fully saturated rings. The Morgan fingerprint density at radius 3 is 2.63 bits per heavy atom. The number of hydrogen-bond acceptors (Lipinski definition) is 4. The van der Waals surface area contributed by atoms with Gasteiger partial charge in [0, 0.05) is 12.3 Å². The van der Waals surface area contributed by atoms with Crippen molar-refractivity contribution in [2.24, 2.45) is 5.92 Å². The molecule has 0 aromatic heterocycles. The van der Waals surface area contributed by atoms with Gasteiger partial charge in [-0.3, -0.25) is 4.79 Å². The summed E-state index contributed by atoms with van der Waals surface area (Å²) in [6, 6.07) is 6.85. The van der Waals surface area contributed by atoms with E-state index in [4.69, 9.17) is 4.74 Å². The van der Waals surface area contributed by atoms with Crippen molar-refractivity contribution in [2.75, 3.05) is 6.61 Å². The highest BCUT2D eigenvalue weighted by Crippen LogP contribution is 2.42. The number of carbonyl (C=O) groups is 1. The molecule has 1 aliphatic carbocycles. The van der Waals surface area contributed by atoms with Gasteiger partial charge < -0.3 is 14.9 Å². The summed E-state index contributed by atoms with van der Waals surface area (Å²) < 4.78 is 4.98. The van der Waals surface area contributed by atoms with Crippen LogP contribution in [0.15, 0.2) is 24.3 Å². The highest BCUT2D eigenvalue weighted by molar-refractivity contribution is 5.69.